The second kappa shape index (κ2) is 7.29. The molecule has 1 unspecified atom stereocenters. The molecule has 1 atom stereocenters. The number of aliphatic hydroxyl groups is 1. The molecule has 0 fully saturated rings. The number of aromatic nitrogens is 2. The van der Waals surface area contributed by atoms with E-state index in [0.29, 0.717) is 5.69 Å². The van der Waals surface area contributed by atoms with E-state index in [9.17, 15) is 9.90 Å². The van der Waals surface area contributed by atoms with E-state index in [2.05, 4.69) is 15.6 Å². The van der Waals surface area contributed by atoms with E-state index in [1.807, 2.05) is 52.8 Å². The van der Waals surface area contributed by atoms with Crippen LogP contribution in [0.5, 0.6) is 0 Å². The summed E-state index contributed by atoms with van der Waals surface area (Å²) in [6.45, 7) is 0.154. The van der Waals surface area contributed by atoms with Gasteiger partial charge in [0.1, 0.15) is 5.82 Å². The number of anilines is 1. The van der Waals surface area contributed by atoms with Crippen molar-refractivity contribution in [3.63, 3.8) is 0 Å². The fourth-order valence-corrected chi connectivity index (χ4v) is 3.03. The van der Waals surface area contributed by atoms with Crippen LogP contribution in [0.15, 0.2) is 53.5 Å². The first-order chi connectivity index (χ1) is 11.6. The first kappa shape index (κ1) is 16.2. The predicted octanol–water partition coefficient (Wildman–Crippen LogP) is 3.00. The highest BCUT2D eigenvalue weighted by atomic mass is 32.1. The number of nitrogens with one attached hydrogen (secondary N) is 2. The Bertz CT molecular complexity index is 814. The molecule has 0 aliphatic rings. The van der Waals surface area contributed by atoms with Gasteiger partial charge < -0.3 is 20.3 Å². The van der Waals surface area contributed by atoms with Gasteiger partial charge in [-0.1, -0.05) is 12.1 Å². The smallest absolute Gasteiger partial charge is 0.319 e. The molecule has 3 aromatic rings. The lowest BCUT2D eigenvalue weighted by Crippen LogP contribution is -2.32. The molecule has 2 amide bonds. The molecule has 24 heavy (non-hydrogen) atoms. The fraction of sp³-hybridized carbons (Fsp3) is 0.176. The van der Waals surface area contributed by atoms with Crippen molar-refractivity contribution in [2.24, 2.45) is 7.05 Å². The van der Waals surface area contributed by atoms with Crippen LogP contribution in [-0.2, 0) is 7.05 Å². The lowest BCUT2D eigenvalue weighted by atomic mass is 10.2. The molecule has 2 aromatic heterocycles. The van der Waals surface area contributed by atoms with Gasteiger partial charge in [-0.2, -0.15) is 11.3 Å². The number of aliphatic hydroxyl groups excluding tert-OH is 1. The van der Waals surface area contributed by atoms with Gasteiger partial charge in [0.05, 0.1) is 6.10 Å². The van der Waals surface area contributed by atoms with Gasteiger partial charge in [0.2, 0.25) is 0 Å². The van der Waals surface area contributed by atoms with Crippen LogP contribution in [0, 0.1) is 0 Å². The van der Waals surface area contributed by atoms with Gasteiger partial charge in [0.15, 0.2) is 0 Å². The molecule has 0 bridgehead atoms. The maximum atomic E-state index is 12.0. The minimum atomic E-state index is -0.707. The Labute approximate surface area is 143 Å². The third kappa shape index (κ3) is 3.81. The van der Waals surface area contributed by atoms with Crippen molar-refractivity contribution >= 4 is 23.1 Å². The summed E-state index contributed by atoms with van der Waals surface area (Å²) in [7, 11) is 1.92. The average molecular weight is 342 g/mol. The number of carbonyl (C=O) groups is 1. The molecule has 0 aliphatic heterocycles. The van der Waals surface area contributed by atoms with E-state index in [0.717, 1.165) is 17.0 Å². The lowest BCUT2D eigenvalue weighted by Gasteiger charge is -2.12. The van der Waals surface area contributed by atoms with Gasteiger partial charge >= 0.3 is 6.03 Å². The monoisotopic (exact) mass is 342 g/mol. The number of hydrogen-bond acceptors (Lipinski definition) is 4. The SMILES string of the molecule is Cn1ccnc1-c1cccc(NC(=O)NCC(O)c2ccsc2)c1. The summed E-state index contributed by atoms with van der Waals surface area (Å²) in [5.74, 6) is 0.826. The molecule has 0 spiro atoms. The van der Waals surface area contributed by atoms with E-state index in [4.69, 9.17) is 0 Å². The Kier molecular flexibility index (Phi) is 4.93. The number of amides is 2. The molecule has 0 saturated heterocycles. The number of aryl methyl sites for hydroxylation is 1. The number of rotatable bonds is 5. The Balaban J connectivity index is 1.60. The van der Waals surface area contributed by atoms with Gasteiger partial charge in [0.25, 0.3) is 0 Å². The van der Waals surface area contributed by atoms with Crippen molar-refractivity contribution in [2.75, 3.05) is 11.9 Å². The van der Waals surface area contributed by atoms with Crippen LogP contribution in [0.2, 0.25) is 0 Å². The maximum Gasteiger partial charge on any atom is 0.319 e. The molecule has 3 N–H and O–H groups in total. The van der Waals surface area contributed by atoms with Gasteiger partial charge in [-0.3, -0.25) is 0 Å². The third-order valence-electron chi connectivity index (χ3n) is 3.58. The first-order valence-electron chi connectivity index (χ1n) is 7.46. The van der Waals surface area contributed by atoms with Crippen molar-refractivity contribution < 1.29 is 9.90 Å². The molecule has 0 saturated carbocycles. The number of nitrogens with zero attached hydrogens (tertiary/aromatic N) is 2. The van der Waals surface area contributed by atoms with Crippen LogP contribution in [-0.4, -0.2) is 27.2 Å². The quantitative estimate of drug-likeness (QED) is 0.667. The summed E-state index contributed by atoms with van der Waals surface area (Å²) in [6.07, 6.45) is 2.89. The van der Waals surface area contributed by atoms with E-state index in [1.165, 1.54) is 11.3 Å². The molecule has 1 aromatic carbocycles. The molecule has 2 heterocycles. The normalized spacial score (nSPS) is 11.9. The molecule has 0 radical (unpaired) electrons. The number of carbonyl (C=O) groups excluding carboxylic acids is 1. The topological polar surface area (TPSA) is 79.2 Å². The van der Waals surface area contributed by atoms with Crippen molar-refractivity contribution in [2.45, 2.75) is 6.10 Å². The Morgan fingerprint density at radius 3 is 3.00 bits per heavy atom. The molecule has 3 rings (SSSR count). The molecular weight excluding hydrogens is 324 g/mol. The Hall–Kier alpha value is -2.64. The van der Waals surface area contributed by atoms with Crippen LogP contribution in [0.3, 0.4) is 0 Å². The number of imidazole rings is 1. The molecule has 0 aliphatic carbocycles. The Morgan fingerprint density at radius 2 is 2.29 bits per heavy atom. The van der Waals surface area contributed by atoms with Crippen molar-refractivity contribution in [3.05, 3.63) is 59.0 Å². The highest BCUT2D eigenvalue weighted by molar-refractivity contribution is 7.07. The van der Waals surface area contributed by atoms with Gasteiger partial charge in [-0.15, -0.1) is 0 Å². The van der Waals surface area contributed by atoms with E-state index in [1.54, 1.807) is 12.3 Å². The summed E-state index contributed by atoms with van der Waals surface area (Å²) in [5, 5.41) is 19.2. The number of urea groups is 1. The Morgan fingerprint density at radius 1 is 1.42 bits per heavy atom. The second-order valence-corrected chi connectivity index (χ2v) is 6.13. The summed E-state index contributed by atoms with van der Waals surface area (Å²) in [5.41, 5.74) is 2.38. The summed E-state index contributed by atoms with van der Waals surface area (Å²) < 4.78 is 1.91. The highest BCUT2D eigenvalue weighted by Crippen LogP contribution is 2.20. The average Bonchev–Trinajstić information content (AvgIpc) is 3.24. The van der Waals surface area contributed by atoms with Crippen LogP contribution < -0.4 is 10.6 Å². The van der Waals surface area contributed by atoms with Crippen LogP contribution in [0.1, 0.15) is 11.7 Å². The molecular formula is C17H18N4O2S. The number of benzene rings is 1. The number of thiophene rings is 1. The fourth-order valence-electron chi connectivity index (χ4n) is 2.33. The van der Waals surface area contributed by atoms with E-state index < -0.39 is 6.10 Å². The highest BCUT2D eigenvalue weighted by Gasteiger charge is 2.10. The predicted molar refractivity (Wildman–Crippen MR) is 94.9 cm³/mol. The van der Waals surface area contributed by atoms with Crippen LogP contribution in [0.25, 0.3) is 11.4 Å². The number of hydrogen-bond donors (Lipinski definition) is 3. The zero-order chi connectivity index (χ0) is 16.9. The van der Waals surface area contributed by atoms with E-state index >= 15 is 0 Å². The largest absolute Gasteiger partial charge is 0.387 e. The summed E-state index contributed by atoms with van der Waals surface area (Å²) >= 11 is 1.51. The van der Waals surface area contributed by atoms with Gasteiger partial charge in [0, 0.05) is 37.2 Å². The van der Waals surface area contributed by atoms with Crippen molar-refractivity contribution in [1.29, 1.82) is 0 Å². The van der Waals surface area contributed by atoms with Crippen LogP contribution >= 0.6 is 11.3 Å². The molecule has 7 heteroatoms. The third-order valence-corrected chi connectivity index (χ3v) is 4.29. The summed E-state index contributed by atoms with van der Waals surface area (Å²) in [6, 6.07) is 8.94. The first-order valence-corrected chi connectivity index (χ1v) is 8.40. The van der Waals surface area contributed by atoms with Gasteiger partial charge in [-0.05, 0) is 34.5 Å². The standard InChI is InChI=1S/C17H18N4O2S/c1-21-7-6-18-16(21)12-3-2-4-14(9-12)20-17(23)19-10-15(22)13-5-8-24-11-13/h2-9,11,15,22H,10H2,1H3,(H2,19,20,23). The molecule has 124 valence electrons. The van der Waals surface area contributed by atoms with Crippen LogP contribution in [0.4, 0.5) is 10.5 Å². The maximum absolute atomic E-state index is 12.0. The van der Waals surface area contributed by atoms with Crippen molar-refractivity contribution in [1.82, 2.24) is 14.9 Å². The minimum Gasteiger partial charge on any atom is -0.387 e. The zero-order valence-electron chi connectivity index (χ0n) is 13.1. The zero-order valence-corrected chi connectivity index (χ0v) is 14.0. The van der Waals surface area contributed by atoms with Gasteiger partial charge in [-0.25, -0.2) is 9.78 Å². The van der Waals surface area contributed by atoms with Crippen molar-refractivity contribution in [3.8, 4) is 11.4 Å². The second-order valence-electron chi connectivity index (χ2n) is 5.35. The molecule has 6 nitrogen and oxygen atoms in total. The summed E-state index contributed by atoms with van der Waals surface area (Å²) in [4.78, 5) is 16.3. The van der Waals surface area contributed by atoms with E-state index in [-0.39, 0.29) is 12.6 Å². The minimum absolute atomic E-state index is 0.154. The lowest BCUT2D eigenvalue weighted by molar-refractivity contribution is 0.175.